The van der Waals surface area contributed by atoms with E-state index in [1.807, 2.05) is 35.2 Å². The van der Waals surface area contributed by atoms with Crippen molar-refractivity contribution in [1.82, 2.24) is 9.80 Å². The number of ether oxygens (including phenoxy) is 1. The molecule has 3 aliphatic heterocycles. The first-order valence-corrected chi connectivity index (χ1v) is 9.76. The van der Waals surface area contributed by atoms with Gasteiger partial charge < -0.3 is 9.64 Å². The zero-order chi connectivity index (χ0) is 17.1. The maximum absolute atomic E-state index is 13.0. The second kappa shape index (κ2) is 7.85. The first kappa shape index (κ1) is 17.0. The van der Waals surface area contributed by atoms with Gasteiger partial charge in [-0.3, -0.25) is 14.6 Å². The van der Waals surface area contributed by atoms with Gasteiger partial charge in [0.25, 0.3) is 0 Å². The number of carbonyl (C=O) groups is 1. The number of hydrogen-bond donors (Lipinski definition) is 0. The third-order valence-electron chi connectivity index (χ3n) is 5.81. The van der Waals surface area contributed by atoms with Crippen LogP contribution < -0.4 is 4.90 Å². The van der Waals surface area contributed by atoms with Gasteiger partial charge in [-0.25, -0.2) is 0 Å². The molecule has 3 aliphatic rings. The van der Waals surface area contributed by atoms with E-state index >= 15 is 0 Å². The highest BCUT2D eigenvalue weighted by atomic mass is 16.5. The molecular formula is C20H29N3O2. The lowest BCUT2D eigenvalue weighted by Crippen LogP contribution is -2.58. The Hall–Kier alpha value is -1.43. The van der Waals surface area contributed by atoms with Crippen LogP contribution in [0.2, 0.25) is 0 Å². The molecule has 3 heterocycles. The van der Waals surface area contributed by atoms with Crippen molar-refractivity contribution >= 4 is 11.6 Å². The molecular weight excluding hydrogens is 314 g/mol. The first-order valence-electron chi connectivity index (χ1n) is 9.76. The number of hydrogen-bond acceptors (Lipinski definition) is 4. The average molecular weight is 343 g/mol. The summed E-state index contributed by atoms with van der Waals surface area (Å²) in [6.07, 6.45) is 4.91. The van der Waals surface area contributed by atoms with Gasteiger partial charge in [-0.05, 0) is 37.8 Å². The fourth-order valence-corrected chi connectivity index (χ4v) is 4.39. The minimum atomic E-state index is 0.0545. The Kier molecular flexibility index (Phi) is 5.34. The van der Waals surface area contributed by atoms with Crippen LogP contribution in [-0.4, -0.2) is 73.7 Å². The van der Waals surface area contributed by atoms with Crippen LogP contribution in [0, 0.1) is 0 Å². The molecule has 0 bridgehead atoms. The Morgan fingerprint density at radius 2 is 1.76 bits per heavy atom. The van der Waals surface area contributed by atoms with Crippen molar-refractivity contribution in [2.45, 2.75) is 37.8 Å². The van der Waals surface area contributed by atoms with Crippen LogP contribution in [0.5, 0.6) is 0 Å². The number of piperazine rings is 1. The summed E-state index contributed by atoms with van der Waals surface area (Å²) in [5, 5.41) is 0. The third kappa shape index (κ3) is 3.89. The lowest BCUT2D eigenvalue weighted by atomic mass is 10.0. The molecule has 3 fully saturated rings. The van der Waals surface area contributed by atoms with Crippen LogP contribution in [-0.2, 0) is 9.53 Å². The van der Waals surface area contributed by atoms with Crippen LogP contribution in [0.3, 0.4) is 0 Å². The molecule has 3 saturated heterocycles. The maximum Gasteiger partial charge on any atom is 0.244 e. The number of amides is 1. The van der Waals surface area contributed by atoms with E-state index < -0.39 is 0 Å². The Morgan fingerprint density at radius 3 is 2.48 bits per heavy atom. The van der Waals surface area contributed by atoms with E-state index in [1.165, 1.54) is 12.8 Å². The number of rotatable bonds is 4. The minimum Gasteiger partial charge on any atom is -0.377 e. The molecule has 0 aliphatic carbocycles. The summed E-state index contributed by atoms with van der Waals surface area (Å²) in [5.74, 6) is 0.282. The molecule has 0 saturated carbocycles. The smallest absolute Gasteiger partial charge is 0.244 e. The molecule has 5 heteroatoms. The predicted molar refractivity (Wildman–Crippen MR) is 98.8 cm³/mol. The molecule has 0 N–H and O–H groups in total. The molecule has 2 atom stereocenters. The monoisotopic (exact) mass is 343 g/mol. The highest BCUT2D eigenvalue weighted by Crippen LogP contribution is 2.24. The molecule has 0 spiro atoms. The van der Waals surface area contributed by atoms with Crippen LogP contribution >= 0.6 is 0 Å². The van der Waals surface area contributed by atoms with Crippen molar-refractivity contribution in [3.63, 3.8) is 0 Å². The molecule has 1 amide bonds. The van der Waals surface area contributed by atoms with Gasteiger partial charge in [0.1, 0.15) is 0 Å². The predicted octanol–water partition coefficient (Wildman–Crippen LogP) is 1.98. The molecule has 25 heavy (non-hydrogen) atoms. The van der Waals surface area contributed by atoms with Gasteiger partial charge in [-0.1, -0.05) is 18.2 Å². The molecule has 0 aromatic heterocycles. The van der Waals surface area contributed by atoms with Crippen molar-refractivity contribution < 1.29 is 9.53 Å². The zero-order valence-corrected chi connectivity index (χ0v) is 15.0. The second-order valence-electron chi connectivity index (χ2n) is 7.46. The molecule has 5 nitrogen and oxygen atoms in total. The van der Waals surface area contributed by atoms with Crippen molar-refractivity contribution in [2.24, 2.45) is 0 Å². The topological polar surface area (TPSA) is 36.0 Å². The Bertz CT molecular complexity index is 566. The largest absolute Gasteiger partial charge is 0.377 e. The van der Waals surface area contributed by atoms with Gasteiger partial charge in [0.05, 0.1) is 12.1 Å². The zero-order valence-electron chi connectivity index (χ0n) is 15.0. The summed E-state index contributed by atoms with van der Waals surface area (Å²) in [6.45, 7) is 6.92. The van der Waals surface area contributed by atoms with Crippen molar-refractivity contribution in [3.8, 4) is 0 Å². The average Bonchev–Trinajstić information content (AvgIpc) is 3.17. The summed E-state index contributed by atoms with van der Waals surface area (Å²) in [6, 6.07) is 10.2. The van der Waals surface area contributed by atoms with E-state index in [1.54, 1.807) is 0 Å². The van der Waals surface area contributed by atoms with E-state index in [0.29, 0.717) is 6.10 Å². The number of piperidine rings is 1. The lowest BCUT2D eigenvalue weighted by Gasteiger charge is -2.42. The maximum atomic E-state index is 13.0. The van der Waals surface area contributed by atoms with Gasteiger partial charge >= 0.3 is 0 Å². The van der Waals surface area contributed by atoms with Gasteiger partial charge in [0.15, 0.2) is 0 Å². The van der Waals surface area contributed by atoms with Crippen LogP contribution in [0.15, 0.2) is 30.3 Å². The fourth-order valence-electron chi connectivity index (χ4n) is 4.39. The molecule has 136 valence electrons. The van der Waals surface area contributed by atoms with Crippen molar-refractivity contribution in [3.05, 3.63) is 30.3 Å². The second-order valence-corrected chi connectivity index (χ2v) is 7.46. The number of anilines is 1. The van der Waals surface area contributed by atoms with Crippen LogP contribution in [0.4, 0.5) is 5.69 Å². The SMILES string of the molecule is O=C1[C@@H](N2CCN(C[C@H]3CCCO3)CC2)CCCN1c1ccccc1. The van der Waals surface area contributed by atoms with Crippen LogP contribution in [0.25, 0.3) is 0 Å². The number of carbonyl (C=O) groups excluding carboxylic acids is 1. The third-order valence-corrected chi connectivity index (χ3v) is 5.81. The molecule has 4 rings (SSSR count). The fraction of sp³-hybridized carbons (Fsp3) is 0.650. The van der Waals surface area contributed by atoms with E-state index in [9.17, 15) is 4.79 Å². The lowest BCUT2D eigenvalue weighted by molar-refractivity contribution is -0.126. The van der Waals surface area contributed by atoms with Gasteiger partial charge in [-0.15, -0.1) is 0 Å². The number of benzene rings is 1. The quantitative estimate of drug-likeness (QED) is 0.838. The Labute approximate surface area is 150 Å². The first-order chi connectivity index (χ1) is 12.3. The standard InChI is InChI=1S/C20H29N3O2/c24-20-19(9-4-10-23(20)17-6-2-1-3-7-17)22-13-11-21(12-14-22)16-18-8-5-15-25-18/h1-3,6-7,18-19H,4-5,8-16H2/t18-,19+/m1/s1. The summed E-state index contributed by atoms with van der Waals surface area (Å²) in [5.41, 5.74) is 1.04. The minimum absolute atomic E-state index is 0.0545. The molecule has 1 aromatic carbocycles. The van der Waals surface area contributed by atoms with E-state index in [0.717, 1.165) is 64.4 Å². The summed E-state index contributed by atoms with van der Waals surface area (Å²) >= 11 is 0. The summed E-state index contributed by atoms with van der Waals surface area (Å²) < 4.78 is 5.76. The number of nitrogens with zero attached hydrogens (tertiary/aromatic N) is 3. The highest BCUT2D eigenvalue weighted by molar-refractivity contribution is 5.97. The highest BCUT2D eigenvalue weighted by Gasteiger charge is 2.35. The Morgan fingerprint density at radius 1 is 0.960 bits per heavy atom. The van der Waals surface area contributed by atoms with E-state index in [-0.39, 0.29) is 11.9 Å². The normalized spacial score (nSPS) is 29.3. The van der Waals surface area contributed by atoms with Crippen molar-refractivity contribution in [2.75, 3.05) is 50.8 Å². The van der Waals surface area contributed by atoms with Crippen LogP contribution in [0.1, 0.15) is 25.7 Å². The summed E-state index contributed by atoms with van der Waals surface area (Å²) in [7, 11) is 0. The number of para-hydroxylation sites is 1. The van der Waals surface area contributed by atoms with Gasteiger partial charge in [0.2, 0.25) is 5.91 Å². The van der Waals surface area contributed by atoms with Crippen molar-refractivity contribution in [1.29, 1.82) is 0 Å². The Balaban J connectivity index is 1.33. The van der Waals surface area contributed by atoms with Gasteiger partial charge in [0, 0.05) is 51.6 Å². The summed E-state index contributed by atoms with van der Waals surface area (Å²) in [4.78, 5) is 19.9. The van der Waals surface area contributed by atoms with E-state index in [2.05, 4.69) is 9.80 Å². The van der Waals surface area contributed by atoms with Gasteiger partial charge in [-0.2, -0.15) is 0 Å². The molecule has 1 aromatic rings. The molecule has 0 unspecified atom stereocenters. The molecule has 0 radical (unpaired) electrons. The van der Waals surface area contributed by atoms with E-state index in [4.69, 9.17) is 4.74 Å².